The number of aromatic nitrogens is 4. The molecule has 2 N–H and O–H groups in total. The van der Waals surface area contributed by atoms with Gasteiger partial charge >= 0.3 is 0 Å². The van der Waals surface area contributed by atoms with Crippen LogP contribution in [0.4, 0.5) is 0 Å². The van der Waals surface area contributed by atoms with Crippen molar-refractivity contribution < 1.29 is 19.4 Å². The van der Waals surface area contributed by atoms with E-state index in [1.807, 2.05) is 0 Å². The van der Waals surface area contributed by atoms with E-state index in [4.69, 9.17) is 16.3 Å². The quantitative estimate of drug-likeness (QED) is 0.428. The molecule has 190 valence electrons. The molecule has 1 aliphatic rings. The molecule has 1 saturated carbocycles. The second kappa shape index (κ2) is 12.0. The summed E-state index contributed by atoms with van der Waals surface area (Å²) < 4.78 is 5.17. The van der Waals surface area contributed by atoms with Crippen LogP contribution in [0.25, 0.3) is 11.4 Å². The van der Waals surface area contributed by atoms with E-state index in [0.29, 0.717) is 22.2 Å². The Bertz CT molecular complexity index is 1160. The van der Waals surface area contributed by atoms with Crippen LogP contribution < -0.4 is 10.1 Å². The molecule has 10 nitrogen and oxygen atoms in total. The molecule has 1 fully saturated rings. The third kappa shape index (κ3) is 6.19. The Labute approximate surface area is 214 Å². The Kier molecular flexibility index (Phi) is 8.50. The van der Waals surface area contributed by atoms with Gasteiger partial charge in [-0.25, -0.2) is 0 Å². The highest BCUT2D eigenvalue weighted by Gasteiger charge is 2.33. The molecule has 1 aromatic heterocycles. The zero-order valence-electron chi connectivity index (χ0n) is 20.0. The van der Waals surface area contributed by atoms with E-state index in [0.717, 1.165) is 31.2 Å². The van der Waals surface area contributed by atoms with Crippen LogP contribution in [0.2, 0.25) is 5.02 Å². The molecule has 2 aromatic carbocycles. The summed E-state index contributed by atoms with van der Waals surface area (Å²) >= 11 is 6.06. The third-order valence-corrected chi connectivity index (χ3v) is 6.44. The van der Waals surface area contributed by atoms with Gasteiger partial charge in [0.2, 0.25) is 17.6 Å². The molecule has 0 radical (unpaired) electrons. The number of carbonyl (C=O) groups excluding carboxylic acids is 2. The van der Waals surface area contributed by atoms with Gasteiger partial charge in [-0.05, 0) is 60.0 Å². The van der Waals surface area contributed by atoms with Crippen molar-refractivity contribution in [3.05, 3.63) is 59.1 Å². The molecule has 1 atom stereocenters. The van der Waals surface area contributed by atoms with E-state index in [9.17, 15) is 14.7 Å². The molecule has 0 spiro atoms. The topological polar surface area (TPSA) is 122 Å². The van der Waals surface area contributed by atoms with E-state index in [1.54, 1.807) is 55.6 Å². The number of tetrazole rings is 1. The maximum absolute atomic E-state index is 13.4. The molecule has 11 heteroatoms. The monoisotopic (exact) mass is 512 g/mol. The standard InChI is InChI=1S/C25H29ClN6O4/c1-36-21-12-8-18(9-13-21)24-28-30-32(29-24)16-22(34)31(14-15-33)23(17-6-10-19(26)11-7-17)25(35)27-20-4-2-3-5-20/h6-13,20,23,33H,2-5,14-16H2,1H3,(H,27,35)/t23-/m1/s1. The number of ether oxygens (including phenoxy) is 1. The first kappa shape index (κ1) is 25.6. The number of hydrogen-bond donors (Lipinski definition) is 2. The minimum atomic E-state index is -0.938. The fourth-order valence-electron chi connectivity index (χ4n) is 4.35. The minimum Gasteiger partial charge on any atom is -0.497 e. The molecule has 1 aliphatic carbocycles. The third-order valence-electron chi connectivity index (χ3n) is 6.19. The summed E-state index contributed by atoms with van der Waals surface area (Å²) in [5, 5.41) is 25.7. The van der Waals surface area contributed by atoms with Crippen LogP contribution in [0.1, 0.15) is 37.3 Å². The van der Waals surface area contributed by atoms with Gasteiger partial charge in [-0.3, -0.25) is 9.59 Å². The number of nitrogens with zero attached hydrogens (tertiary/aromatic N) is 5. The van der Waals surface area contributed by atoms with Gasteiger partial charge < -0.3 is 20.1 Å². The van der Waals surface area contributed by atoms with Gasteiger partial charge in [-0.15, -0.1) is 10.2 Å². The lowest BCUT2D eigenvalue weighted by Crippen LogP contribution is -2.48. The number of aliphatic hydroxyl groups excluding tert-OH is 1. The average molecular weight is 513 g/mol. The Morgan fingerprint density at radius 2 is 1.86 bits per heavy atom. The SMILES string of the molecule is COc1ccc(-c2nnn(CC(=O)N(CCO)[C@@H](C(=O)NC3CCCC3)c3ccc(Cl)cc3)n2)cc1. The maximum Gasteiger partial charge on any atom is 0.247 e. The van der Waals surface area contributed by atoms with Gasteiger partial charge in [-0.1, -0.05) is 36.6 Å². The Balaban J connectivity index is 1.55. The zero-order valence-corrected chi connectivity index (χ0v) is 20.8. The van der Waals surface area contributed by atoms with E-state index >= 15 is 0 Å². The summed E-state index contributed by atoms with van der Waals surface area (Å²) in [5.41, 5.74) is 1.32. The highest BCUT2D eigenvalue weighted by molar-refractivity contribution is 6.30. The van der Waals surface area contributed by atoms with Crippen LogP contribution in [0, 0.1) is 0 Å². The predicted molar refractivity (Wildman–Crippen MR) is 133 cm³/mol. The Morgan fingerprint density at radius 1 is 1.17 bits per heavy atom. The molecule has 2 amide bonds. The maximum atomic E-state index is 13.4. The first-order valence-electron chi connectivity index (χ1n) is 11.9. The van der Waals surface area contributed by atoms with Crippen molar-refractivity contribution in [1.29, 1.82) is 0 Å². The number of carbonyl (C=O) groups is 2. The van der Waals surface area contributed by atoms with E-state index in [1.165, 1.54) is 9.70 Å². The second-order valence-electron chi connectivity index (χ2n) is 8.63. The molecular formula is C25H29ClN6O4. The number of methoxy groups -OCH3 is 1. The van der Waals surface area contributed by atoms with Crippen LogP contribution in [0.5, 0.6) is 5.75 Å². The number of rotatable bonds is 10. The molecule has 1 heterocycles. The fraction of sp³-hybridized carbons (Fsp3) is 0.400. The van der Waals surface area contributed by atoms with Gasteiger partial charge in [0.25, 0.3) is 0 Å². The van der Waals surface area contributed by atoms with Crippen molar-refractivity contribution in [2.45, 2.75) is 44.3 Å². The summed E-state index contributed by atoms with van der Waals surface area (Å²) in [7, 11) is 1.58. The zero-order chi connectivity index (χ0) is 25.5. The summed E-state index contributed by atoms with van der Waals surface area (Å²) in [5.74, 6) is 0.332. The summed E-state index contributed by atoms with van der Waals surface area (Å²) in [4.78, 5) is 29.4. The Morgan fingerprint density at radius 3 is 2.50 bits per heavy atom. The molecule has 36 heavy (non-hydrogen) atoms. The van der Waals surface area contributed by atoms with Crippen molar-refractivity contribution in [3.63, 3.8) is 0 Å². The van der Waals surface area contributed by atoms with Gasteiger partial charge in [-0.2, -0.15) is 4.80 Å². The van der Waals surface area contributed by atoms with Crippen LogP contribution in [-0.4, -0.2) is 68.3 Å². The van der Waals surface area contributed by atoms with E-state index < -0.39 is 11.9 Å². The van der Waals surface area contributed by atoms with Crippen LogP contribution in [-0.2, 0) is 16.1 Å². The molecule has 0 unspecified atom stereocenters. The minimum absolute atomic E-state index is 0.0375. The van der Waals surface area contributed by atoms with Crippen LogP contribution >= 0.6 is 11.6 Å². The molecule has 4 rings (SSSR count). The summed E-state index contributed by atoms with van der Waals surface area (Å²) in [6.07, 6.45) is 3.93. The average Bonchev–Trinajstić information content (AvgIpc) is 3.57. The molecule has 3 aromatic rings. The molecule has 0 bridgehead atoms. The molecular weight excluding hydrogens is 484 g/mol. The Hall–Kier alpha value is -3.50. The number of benzene rings is 2. The number of halogens is 1. The van der Waals surface area contributed by atoms with Gasteiger partial charge in [0.05, 0.1) is 13.7 Å². The number of amides is 2. The fourth-order valence-corrected chi connectivity index (χ4v) is 4.48. The van der Waals surface area contributed by atoms with Crippen LogP contribution in [0.15, 0.2) is 48.5 Å². The smallest absolute Gasteiger partial charge is 0.247 e. The van der Waals surface area contributed by atoms with E-state index in [-0.39, 0.29) is 31.6 Å². The van der Waals surface area contributed by atoms with Crippen molar-refractivity contribution in [2.24, 2.45) is 0 Å². The van der Waals surface area contributed by atoms with Crippen molar-refractivity contribution in [2.75, 3.05) is 20.3 Å². The lowest BCUT2D eigenvalue weighted by atomic mass is 10.0. The first-order valence-corrected chi connectivity index (χ1v) is 12.2. The van der Waals surface area contributed by atoms with Crippen molar-refractivity contribution in [1.82, 2.24) is 30.4 Å². The van der Waals surface area contributed by atoms with Gasteiger partial charge in [0.15, 0.2) is 0 Å². The number of nitrogens with one attached hydrogen (secondary N) is 1. The first-order chi connectivity index (χ1) is 17.5. The molecule has 0 saturated heterocycles. The van der Waals surface area contributed by atoms with Crippen molar-refractivity contribution in [3.8, 4) is 17.1 Å². The lowest BCUT2D eigenvalue weighted by Gasteiger charge is -2.31. The molecule has 0 aliphatic heterocycles. The van der Waals surface area contributed by atoms with Crippen LogP contribution in [0.3, 0.4) is 0 Å². The predicted octanol–water partition coefficient (Wildman–Crippen LogP) is 2.62. The second-order valence-corrected chi connectivity index (χ2v) is 9.06. The van der Waals surface area contributed by atoms with Gasteiger partial charge in [0, 0.05) is 23.2 Å². The normalized spacial score (nSPS) is 14.4. The van der Waals surface area contributed by atoms with Gasteiger partial charge in [0.1, 0.15) is 18.3 Å². The summed E-state index contributed by atoms with van der Waals surface area (Å²) in [6, 6.07) is 13.1. The largest absolute Gasteiger partial charge is 0.497 e. The number of hydrogen-bond acceptors (Lipinski definition) is 7. The summed E-state index contributed by atoms with van der Waals surface area (Å²) in [6.45, 7) is -0.595. The lowest BCUT2D eigenvalue weighted by molar-refractivity contribution is -0.142. The highest BCUT2D eigenvalue weighted by Crippen LogP contribution is 2.26. The van der Waals surface area contributed by atoms with E-state index in [2.05, 4.69) is 20.7 Å². The number of aliphatic hydroxyl groups is 1. The highest BCUT2D eigenvalue weighted by atomic mass is 35.5. The van der Waals surface area contributed by atoms with Crippen molar-refractivity contribution >= 4 is 23.4 Å².